The van der Waals surface area contributed by atoms with Gasteiger partial charge in [0, 0.05) is 12.2 Å². The molecule has 1 aliphatic carbocycles. The fourth-order valence-corrected chi connectivity index (χ4v) is 4.85. The van der Waals surface area contributed by atoms with E-state index in [1.54, 1.807) is 13.8 Å². The van der Waals surface area contributed by atoms with E-state index < -0.39 is 10.0 Å². The number of furan rings is 1. The summed E-state index contributed by atoms with van der Waals surface area (Å²) in [5, 5.41) is 9.41. The summed E-state index contributed by atoms with van der Waals surface area (Å²) in [5.74, 6) is 1.23. The number of rotatable bonds is 5. The van der Waals surface area contributed by atoms with E-state index in [4.69, 9.17) is 9.15 Å². The largest absolute Gasteiger partial charge is 0.465 e. The summed E-state index contributed by atoms with van der Waals surface area (Å²) < 4.78 is 39.1. The van der Waals surface area contributed by atoms with Crippen LogP contribution in [0, 0.1) is 19.8 Å². The number of ether oxygens (including phenoxy) is 1. The monoisotopic (exact) mass is 315 g/mol. The average Bonchev–Trinajstić information content (AvgIpc) is 3.07. The van der Waals surface area contributed by atoms with Crippen molar-refractivity contribution in [3.63, 3.8) is 0 Å². The van der Waals surface area contributed by atoms with Crippen LogP contribution in [-0.2, 0) is 21.4 Å². The number of nitrogens with one attached hydrogen (secondary N) is 1. The molecule has 0 spiro atoms. The van der Waals surface area contributed by atoms with Crippen molar-refractivity contribution >= 4 is 10.0 Å². The standard InChI is InChI=1S/C14H21NO5S/c1-8-11(7-16)14(9(2)20-8)21(17,18)15-12-5-6-19-13(12)10-3-4-10/h10,12-13,15-16H,3-7H2,1-2H3. The highest BCUT2D eigenvalue weighted by atomic mass is 32.2. The third kappa shape index (κ3) is 2.75. The lowest BCUT2D eigenvalue weighted by Gasteiger charge is -2.19. The van der Waals surface area contributed by atoms with Gasteiger partial charge in [-0.1, -0.05) is 0 Å². The molecule has 2 atom stereocenters. The molecule has 1 saturated carbocycles. The van der Waals surface area contributed by atoms with Gasteiger partial charge in [-0.15, -0.1) is 0 Å². The van der Waals surface area contributed by atoms with Gasteiger partial charge in [0.05, 0.1) is 18.8 Å². The van der Waals surface area contributed by atoms with Gasteiger partial charge in [0.15, 0.2) is 0 Å². The lowest BCUT2D eigenvalue weighted by Crippen LogP contribution is -2.41. The van der Waals surface area contributed by atoms with E-state index in [0.717, 1.165) is 12.8 Å². The van der Waals surface area contributed by atoms with Crippen molar-refractivity contribution in [3.8, 4) is 0 Å². The number of aliphatic hydroxyl groups excluding tert-OH is 1. The molecule has 2 heterocycles. The third-order valence-corrected chi connectivity index (χ3v) is 5.97. The Morgan fingerprint density at radius 2 is 1.95 bits per heavy atom. The van der Waals surface area contributed by atoms with Crippen molar-refractivity contribution in [2.24, 2.45) is 5.92 Å². The zero-order chi connectivity index (χ0) is 15.2. The Morgan fingerprint density at radius 1 is 1.24 bits per heavy atom. The van der Waals surface area contributed by atoms with E-state index in [9.17, 15) is 13.5 Å². The molecule has 7 heteroatoms. The van der Waals surface area contributed by atoms with Gasteiger partial charge in [0.25, 0.3) is 0 Å². The van der Waals surface area contributed by atoms with E-state index in [1.165, 1.54) is 0 Å². The number of sulfonamides is 1. The second-order valence-electron chi connectivity index (χ2n) is 5.87. The molecular formula is C14H21NO5S. The lowest BCUT2D eigenvalue weighted by molar-refractivity contribution is 0.0848. The Balaban J connectivity index is 1.87. The molecule has 0 radical (unpaired) electrons. The molecule has 6 nitrogen and oxygen atoms in total. The highest BCUT2D eigenvalue weighted by molar-refractivity contribution is 7.89. The predicted octanol–water partition coefficient (Wildman–Crippen LogP) is 1.23. The van der Waals surface area contributed by atoms with Gasteiger partial charge in [0.2, 0.25) is 10.0 Å². The Labute approximate surface area is 124 Å². The summed E-state index contributed by atoms with van der Waals surface area (Å²) in [6.07, 6.45) is 2.87. The first kappa shape index (κ1) is 15.0. The first-order valence-electron chi connectivity index (χ1n) is 7.27. The molecule has 2 aliphatic rings. The second-order valence-corrected chi connectivity index (χ2v) is 7.52. The van der Waals surface area contributed by atoms with Crippen LogP contribution in [0.1, 0.15) is 36.3 Å². The summed E-state index contributed by atoms with van der Waals surface area (Å²) in [6, 6.07) is -0.191. The zero-order valence-electron chi connectivity index (χ0n) is 12.3. The van der Waals surface area contributed by atoms with Crippen LogP contribution in [0.4, 0.5) is 0 Å². The van der Waals surface area contributed by atoms with Crippen molar-refractivity contribution in [2.75, 3.05) is 6.61 Å². The second kappa shape index (κ2) is 5.39. The van der Waals surface area contributed by atoms with Gasteiger partial charge in [-0.2, -0.15) is 0 Å². The summed E-state index contributed by atoms with van der Waals surface area (Å²) in [5.41, 5.74) is 0.335. The van der Waals surface area contributed by atoms with Crippen molar-refractivity contribution in [1.82, 2.24) is 4.72 Å². The van der Waals surface area contributed by atoms with Crippen molar-refractivity contribution < 1.29 is 22.7 Å². The van der Waals surface area contributed by atoms with Crippen molar-refractivity contribution in [2.45, 2.75) is 56.8 Å². The molecule has 2 N–H and O–H groups in total. The van der Waals surface area contributed by atoms with E-state index in [2.05, 4.69) is 4.72 Å². The molecule has 1 saturated heterocycles. The molecule has 3 rings (SSSR count). The van der Waals surface area contributed by atoms with Gasteiger partial charge in [-0.05, 0) is 39.0 Å². The summed E-state index contributed by atoms with van der Waals surface area (Å²) >= 11 is 0. The smallest absolute Gasteiger partial charge is 0.244 e. The van der Waals surface area contributed by atoms with Crippen molar-refractivity contribution in [3.05, 3.63) is 17.1 Å². The minimum atomic E-state index is -3.72. The third-order valence-electron chi connectivity index (χ3n) is 4.28. The molecule has 2 fully saturated rings. The minimum Gasteiger partial charge on any atom is -0.465 e. The number of hydrogen-bond acceptors (Lipinski definition) is 5. The maximum Gasteiger partial charge on any atom is 0.244 e. The fourth-order valence-electron chi connectivity index (χ4n) is 3.13. The van der Waals surface area contributed by atoms with E-state index >= 15 is 0 Å². The van der Waals surface area contributed by atoms with Crippen LogP contribution in [0.15, 0.2) is 9.31 Å². The van der Waals surface area contributed by atoms with Gasteiger partial charge < -0.3 is 14.3 Å². The van der Waals surface area contributed by atoms with Crippen LogP contribution in [0.25, 0.3) is 0 Å². The molecule has 0 aromatic carbocycles. The topological polar surface area (TPSA) is 88.8 Å². The minimum absolute atomic E-state index is 0.0225. The quantitative estimate of drug-likeness (QED) is 0.853. The van der Waals surface area contributed by atoms with Crippen LogP contribution in [-0.4, -0.2) is 32.3 Å². The molecule has 0 amide bonds. The maximum atomic E-state index is 12.7. The van der Waals surface area contributed by atoms with Crippen LogP contribution >= 0.6 is 0 Å². The highest BCUT2D eigenvalue weighted by Crippen LogP contribution is 2.39. The Bertz CT molecular complexity index is 632. The van der Waals surface area contributed by atoms with E-state index in [-0.39, 0.29) is 23.6 Å². The molecular weight excluding hydrogens is 294 g/mol. The maximum absolute atomic E-state index is 12.7. The number of aryl methyl sites for hydroxylation is 2. The lowest BCUT2D eigenvalue weighted by atomic mass is 10.1. The number of aliphatic hydroxyl groups is 1. The molecule has 118 valence electrons. The Hall–Kier alpha value is -0.890. The molecule has 0 bridgehead atoms. The predicted molar refractivity (Wildman–Crippen MR) is 75.3 cm³/mol. The van der Waals surface area contributed by atoms with Gasteiger partial charge in [0.1, 0.15) is 16.4 Å². The SMILES string of the molecule is Cc1oc(C)c(S(=O)(=O)NC2CCOC2C2CC2)c1CO. The van der Waals surface area contributed by atoms with Crippen LogP contribution < -0.4 is 4.72 Å². The van der Waals surface area contributed by atoms with Gasteiger partial charge in [-0.3, -0.25) is 0 Å². The average molecular weight is 315 g/mol. The molecule has 1 aromatic heterocycles. The molecule has 1 aromatic rings. The highest BCUT2D eigenvalue weighted by Gasteiger charge is 2.43. The summed E-state index contributed by atoms with van der Waals surface area (Å²) in [7, 11) is -3.72. The molecule has 2 unspecified atom stereocenters. The normalized spacial score (nSPS) is 26.4. The van der Waals surface area contributed by atoms with Crippen LogP contribution in [0.5, 0.6) is 0 Å². The van der Waals surface area contributed by atoms with Gasteiger partial charge >= 0.3 is 0 Å². The Kier molecular flexibility index (Phi) is 3.85. The summed E-state index contributed by atoms with van der Waals surface area (Å²) in [4.78, 5) is 0.0731. The Morgan fingerprint density at radius 3 is 2.57 bits per heavy atom. The zero-order valence-corrected chi connectivity index (χ0v) is 13.1. The first-order valence-corrected chi connectivity index (χ1v) is 8.76. The first-order chi connectivity index (χ1) is 9.94. The van der Waals surface area contributed by atoms with E-state index in [1.807, 2.05) is 0 Å². The summed E-state index contributed by atoms with van der Waals surface area (Å²) in [6.45, 7) is 3.49. The molecule has 1 aliphatic heterocycles. The van der Waals surface area contributed by atoms with Crippen molar-refractivity contribution in [1.29, 1.82) is 0 Å². The molecule has 21 heavy (non-hydrogen) atoms. The fraction of sp³-hybridized carbons (Fsp3) is 0.714. The number of hydrogen-bond donors (Lipinski definition) is 2. The van der Waals surface area contributed by atoms with Crippen LogP contribution in [0.3, 0.4) is 0 Å². The van der Waals surface area contributed by atoms with Crippen LogP contribution in [0.2, 0.25) is 0 Å². The van der Waals surface area contributed by atoms with E-state index in [0.29, 0.717) is 36.0 Å². The van der Waals surface area contributed by atoms with Gasteiger partial charge in [-0.25, -0.2) is 13.1 Å².